The van der Waals surface area contributed by atoms with E-state index in [1.807, 2.05) is 25.1 Å². The van der Waals surface area contributed by atoms with Crippen LogP contribution in [-0.4, -0.2) is 18.6 Å². The highest BCUT2D eigenvalue weighted by atomic mass is 16.6. The van der Waals surface area contributed by atoms with Gasteiger partial charge in [0.2, 0.25) is 0 Å². The molecule has 0 aromatic heterocycles. The molecule has 0 aliphatic rings. The van der Waals surface area contributed by atoms with Crippen molar-refractivity contribution in [2.75, 3.05) is 19.0 Å². The Hall–Kier alpha value is -3.02. The van der Waals surface area contributed by atoms with Crippen molar-refractivity contribution in [1.82, 2.24) is 0 Å². The Morgan fingerprint density at radius 1 is 1.28 bits per heavy atom. The van der Waals surface area contributed by atoms with Crippen LogP contribution in [0.4, 0.5) is 11.4 Å². The maximum absolute atomic E-state index is 11.5. The van der Waals surface area contributed by atoms with E-state index < -0.39 is 0 Å². The Morgan fingerprint density at radius 2 is 2.04 bits per heavy atom. The second kappa shape index (κ2) is 8.19. The molecule has 0 aliphatic heterocycles. The number of nitrogens with zero attached hydrogens (tertiary/aromatic N) is 1. The number of nitrogens with one attached hydrogen (secondary N) is 1. The smallest absolute Gasteiger partial charge is 0.299 e. The average molecular weight is 342 g/mol. The van der Waals surface area contributed by atoms with Crippen LogP contribution in [0.15, 0.2) is 43.0 Å². The van der Waals surface area contributed by atoms with Crippen molar-refractivity contribution in [3.63, 3.8) is 0 Å². The number of hydrogen-bond donors (Lipinski definition) is 1. The van der Waals surface area contributed by atoms with Gasteiger partial charge in [0.15, 0.2) is 11.5 Å². The van der Waals surface area contributed by atoms with Gasteiger partial charge in [-0.25, -0.2) is 0 Å². The van der Waals surface area contributed by atoms with Crippen molar-refractivity contribution in [2.45, 2.75) is 20.4 Å². The lowest BCUT2D eigenvalue weighted by Gasteiger charge is -2.13. The number of ether oxygens (including phenoxy) is 2. The van der Waals surface area contributed by atoms with Gasteiger partial charge in [0.25, 0.3) is 5.69 Å². The molecule has 0 saturated heterocycles. The highest BCUT2D eigenvalue weighted by Gasteiger charge is 2.19. The average Bonchev–Trinajstić information content (AvgIpc) is 2.59. The van der Waals surface area contributed by atoms with Crippen molar-refractivity contribution < 1.29 is 14.4 Å². The Balaban J connectivity index is 2.27. The van der Waals surface area contributed by atoms with Crippen molar-refractivity contribution in [3.05, 3.63) is 64.2 Å². The fourth-order valence-corrected chi connectivity index (χ4v) is 2.52. The molecule has 2 aromatic rings. The van der Waals surface area contributed by atoms with Gasteiger partial charge in [0.05, 0.1) is 24.2 Å². The summed E-state index contributed by atoms with van der Waals surface area (Å²) < 4.78 is 10.8. The molecule has 0 heterocycles. The highest BCUT2D eigenvalue weighted by molar-refractivity contribution is 5.78. The minimum atomic E-state index is -0.383. The zero-order chi connectivity index (χ0) is 18.4. The van der Waals surface area contributed by atoms with Crippen LogP contribution in [0.1, 0.15) is 25.0 Å². The first-order valence-corrected chi connectivity index (χ1v) is 7.94. The molecule has 2 rings (SSSR count). The summed E-state index contributed by atoms with van der Waals surface area (Å²) in [4.78, 5) is 11.1. The SMILES string of the molecule is C=C(C)c1cccc(NCc2ccc(OC)c(OCC)c2)c1[N+](=O)[O-]. The van der Waals surface area contributed by atoms with E-state index in [-0.39, 0.29) is 10.6 Å². The van der Waals surface area contributed by atoms with Crippen LogP contribution in [0.2, 0.25) is 0 Å². The number of rotatable bonds is 8. The summed E-state index contributed by atoms with van der Waals surface area (Å²) in [5.74, 6) is 1.30. The van der Waals surface area contributed by atoms with Crippen LogP contribution < -0.4 is 14.8 Å². The predicted octanol–water partition coefficient (Wildman–Crippen LogP) is 4.65. The van der Waals surface area contributed by atoms with Crippen LogP contribution in [-0.2, 0) is 6.54 Å². The van der Waals surface area contributed by atoms with Gasteiger partial charge in [-0.2, -0.15) is 0 Å². The number of hydrogen-bond acceptors (Lipinski definition) is 5. The fourth-order valence-electron chi connectivity index (χ4n) is 2.52. The minimum absolute atomic E-state index is 0.0357. The van der Waals surface area contributed by atoms with Crippen molar-refractivity contribution in [2.24, 2.45) is 0 Å². The lowest BCUT2D eigenvalue weighted by molar-refractivity contribution is -0.384. The summed E-state index contributed by atoms with van der Waals surface area (Å²) in [7, 11) is 1.59. The Bertz CT molecular complexity index is 787. The van der Waals surface area contributed by atoms with Gasteiger partial charge in [-0.1, -0.05) is 18.7 Å². The summed E-state index contributed by atoms with van der Waals surface area (Å²) in [6, 6.07) is 10.7. The summed E-state index contributed by atoms with van der Waals surface area (Å²) in [6.45, 7) is 8.42. The van der Waals surface area contributed by atoms with Crippen molar-refractivity contribution >= 4 is 16.9 Å². The number of anilines is 1. The van der Waals surface area contributed by atoms with Gasteiger partial charge in [0, 0.05) is 6.54 Å². The first-order chi connectivity index (χ1) is 12.0. The molecule has 0 spiro atoms. The first-order valence-electron chi connectivity index (χ1n) is 7.94. The van der Waals surface area contributed by atoms with Crippen LogP contribution in [0, 0.1) is 10.1 Å². The van der Waals surface area contributed by atoms with Crippen molar-refractivity contribution in [1.29, 1.82) is 0 Å². The first kappa shape index (κ1) is 18.3. The molecule has 6 nitrogen and oxygen atoms in total. The predicted molar refractivity (Wildman–Crippen MR) is 99.3 cm³/mol. The number of para-hydroxylation sites is 1. The van der Waals surface area contributed by atoms with Crippen LogP contribution in [0.5, 0.6) is 11.5 Å². The summed E-state index contributed by atoms with van der Waals surface area (Å²) in [5.41, 5.74) is 2.60. The van der Waals surface area contributed by atoms with Gasteiger partial charge in [-0.05, 0) is 49.2 Å². The molecule has 0 unspecified atom stereocenters. The van der Waals surface area contributed by atoms with E-state index in [2.05, 4.69) is 11.9 Å². The molecule has 0 atom stereocenters. The standard InChI is InChI=1S/C19H22N2O4/c1-5-25-18-11-14(9-10-17(18)24-4)12-20-16-8-6-7-15(13(2)3)19(16)21(22)23/h6-11,20H,2,5,12H2,1,3-4H3. The maximum Gasteiger partial charge on any atom is 0.299 e. The lowest BCUT2D eigenvalue weighted by Crippen LogP contribution is -2.05. The van der Waals surface area contributed by atoms with Crippen LogP contribution in [0.3, 0.4) is 0 Å². The zero-order valence-electron chi connectivity index (χ0n) is 14.7. The number of allylic oxidation sites excluding steroid dienone is 1. The highest BCUT2D eigenvalue weighted by Crippen LogP contribution is 2.33. The van der Waals surface area contributed by atoms with Gasteiger partial charge in [0.1, 0.15) is 5.69 Å². The van der Waals surface area contributed by atoms with Crippen LogP contribution in [0.25, 0.3) is 5.57 Å². The van der Waals surface area contributed by atoms with Gasteiger partial charge >= 0.3 is 0 Å². The maximum atomic E-state index is 11.5. The molecular formula is C19H22N2O4. The molecule has 0 saturated carbocycles. The number of nitro groups is 1. The monoisotopic (exact) mass is 342 g/mol. The number of methoxy groups -OCH3 is 1. The minimum Gasteiger partial charge on any atom is -0.493 e. The Labute approximate surface area is 147 Å². The third-order valence-corrected chi connectivity index (χ3v) is 3.69. The van der Waals surface area contributed by atoms with Crippen molar-refractivity contribution in [3.8, 4) is 11.5 Å². The largest absolute Gasteiger partial charge is 0.493 e. The molecule has 132 valence electrons. The molecular weight excluding hydrogens is 320 g/mol. The third kappa shape index (κ3) is 4.29. The topological polar surface area (TPSA) is 73.6 Å². The Morgan fingerprint density at radius 3 is 2.64 bits per heavy atom. The van der Waals surface area contributed by atoms with E-state index in [0.717, 1.165) is 5.56 Å². The second-order valence-corrected chi connectivity index (χ2v) is 5.51. The van der Waals surface area contributed by atoms with Gasteiger partial charge in [-0.3, -0.25) is 10.1 Å². The van der Waals surface area contributed by atoms with E-state index in [1.54, 1.807) is 32.2 Å². The van der Waals surface area contributed by atoms with E-state index >= 15 is 0 Å². The third-order valence-electron chi connectivity index (χ3n) is 3.69. The molecule has 0 radical (unpaired) electrons. The quantitative estimate of drug-likeness (QED) is 0.558. The van der Waals surface area contributed by atoms with E-state index in [1.165, 1.54) is 0 Å². The molecule has 6 heteroatoms. The molecule has 0 aliphatic carbocycles. The summed E-state index contributed by atoms with van der Waals surface area (Å²) >= 11 is 0. The molecule has 2 aromatic carbocycles. The second-order valence-electron chi connectivity index (χ2n) is 5.51. The number of nitro benzene ring substituents is 1. The van der Waals surface area contributed by atoms with E-state index in [0.29, 0.717) is 41.5 Å². The molecule has 1 N–H and O–H groups in total. The lowest BCUT2D eigenvalue weighted by atomic mass is 10.1. The molecule has 25 heavy (non-hydrogen) atoms. The normalized spacial score (nSPS) is 10.2. The fraction of sp³-hybridized carbons (Fsp3) is 0.263. The van der Waals surface area contributed by atoms with E-state index in [9.17, 15) is 10.1 Å². The Kier molecular flexibility index (Phi) is 6.00. The molecule has 0 fully saturated rings. The van der Waals surface area contributed by atoms with Crippen LogP contribution >= 0.6 is 0 Å². The summed E-state index contributed by atoms with van der Waals surface area (Å²) in [6.07, 6.45) is 0. The van der Waals surface area contributed by atoms with E-state index in [4.69, 9.17) is 9.47 Å². The summed E-state index contributed by atoms with van der Waals surface area (Å²) in [5, 5.41) is 14.6. The van der Waals surface area contributed by atoms with Gasteiger partial charge < -0.3 is 14.8 Å². The number of benzene rings is 2. The molecule has 0 bridgehead atoms. The van der Waals surface area contributed by atoms with Gasteiger partial charge in [-0.15, -0.1) is 0 Å². The molecule has 0 amide bonds. The zero-order valence-corrected chi connectivity index (χ0v) is 14.7.